The van der Waals surface area contributed by atoms with Crippen molar-refractivity contribution < 1.29 is 128 Å². The molecule has 0 bridgehead atoms. The number of esters is 2. The number of aliphatic hydroxyl groups is 8. The molecule has 26 nitrogen and oxygen atoms in total. The van der Waals surface area contributed by atoms with Crippen LogP contribution in [-0.4, -0.2) is 198 Å². The summed E-state index contributed by atoms with van der Waals surface area (Å²) in [6.07, 6.45) is -20.2. The van der Waals surface area contributed by atoms with Gasteiger partial charge < -0.3 is 114 Å². The minimum Gasteiger partial charge on any atom is -0.507 e. The summed E-state index contributed by atoms with van der Waals surface area (Å²) < 4.78 is 61.9. The van der Waals surface area contributed by atoms with E-state index in [1.54, 1.807) is 0 Å². The average Bonchev–Trinajstić information content (AvgIpc) is 3.51. The highest BCUT2D eigenvalue weighted by molar-refractivity contribution is 5.89. The van der Waals surface area contributed by atoms with Crippen LogP contribution in [-0.2, 0) is 38.0 Å². The van der Waals surface area contributed by atoms with Gasteiger partial charge in [-0.25, -0.2) is 14.0 Å². The van der Waals surface area contributed by atoms with Crippen LogP contribution in [0.3, 0.4) is 0 Å². The highest BCUT2D eigenvalue weighted by Gasteiger charge is 2.50. The molecule has 26 heteroatoms. The van der Waals surface area contributed by atoms with Crippen LogP contribution < -0.4 is 18.9 Å². The first kappa shape index (κ1) is 57.6. The normalized spacial score (nSPS) is 29.1. The van der Waals surface area contributed by atoms with Crippen molar-refractivity contribution in [3.63, 3.8) is 0 Å². The number of aliphatic hydroxyl groups excluding tert-OH is 8. The molecule has 13 N–H and O–H groups in total. The van der Waals surface area contributed by atoms with Gasteiger partial charge in [0.2, 0.25) is 24.1 Å². The van der Waals surface area contributed by atoms with Gasteiger partial charge in [-0.05, 0) is 54.5 Å². The van der Waals surface area contributed by atoms with E-state index in [2.05, 4.69) is 0 Å². The molecule has 15 atom stereocenters. The van der Waals surface area contributed by atoms with Crippen LogP contribution in [0.15, 0.2) is 89.4 Å². The van der Waals surface area contributed by atoms with Gasteiger partial charge in [-0.1, -0.05) is 18.2 Å². The summed E-state index contributed by atoms with van der Waals surface area (Å²) in [7, 11) is 2.57. The van der Waals surface area contributed by atoms with Crippen LogP contribution in [0.25, 0.3) is 34.4 Å². The number of aromatic hydroxyl groups is 5. The van der Waals surface area contributed by atoms with Crippen molar-refractivity contribution in [1.82, 2.24) is 0 Å². The maximum atomic E-state index is 13.0. The fourth-order valence-electron chi connectivity index (χ4n) is 8.57. The summed E-state index contributed by atoms with van der Waals surface area (Å²) in [6, 6.07) is 15.9. The van der Waals surface area contributed by atoms with Crippen molar-refractivity contribution >= 4 is 35.1 Å². The Kier molecular flexibility index (Phi) is 18.0. The van der Waals surface area contributed by atoms with Crippen molar-refractivity contribution in [2.45, 2.75) is 99.0 Å². The molecule has 3 aliphatic heterocycles. The van der Waals surface area contributed by atoms with Crippen molar-refractivity contribution in [2.75, 3.05) is 27.4 Å². The van der Waals surface area contributed by atoms with Gasteiger partial charge in [0.1, 0.15) is 90.3 Å². The van der Waals surface area contributed by atoms with Crippen LogP contribution in [0.1, 0.15) is 18.1 Å². The van der Waals surface area contributed by atoms with E-state index in [4.69, 9.17) is 51.8 Å². The lowest BCUT2D eigenvalue weighted by Crippen LogP contribution is -2.62. The Hall–Kier alpha value is -7.57. The fraction of sp³-hybridized carbons (Fsp3) is 0.377. The van der Waals surface area contributed by atoms with Crippen LogP contribution in [0.2, 0.25) is 0 Å². The summed E-state index contributed by atoms with van der Waals surface area (Å²) in [5.74, 6) is -4.09. The Morgan fingerprint density at radius 3 is 1.78 bits per heavy atom. The maximum absolute atomic E-state index is 13.0. The molecule has 1 unspecified atom stereocenters. The highest BCUT2D eigenvalue weighted by Crippen LogP contribution is 2.46. The summed E-state index contributed by atoms with van der Waals surface area (Å²) in [6.45, 7) is 0.205. The quantitative estimate of drug-likeness (QED) is 0.0263. The van der Waals surface area contributed by atoms with Crippen molar-refractivity contribution in [2.24, 2.45) is 0 Å². The van der Waals surface area contributed by atoms with Gasteiger partial charge in [-0.3, -0.25) is 0 Å². The first-order chi connectivity index (χ1) is 37.6. The summed E-state index contributed by atoms with van der Waals surface area (Å²) in [5, 5.41) is 137. The third-order valence-corrected chi connectivity index (χ3v) is 12.9. The Morgan fingerprint density at radius 1 is 0.570 bits per heavy atom. The van der Waals surface area contributed by atoms with Gasteiger partial charge in [-0.2, -0.15) is 0 Å². The zero-order chi connectivity index (χ0) is 57.0. The van der Waals surface area contributed by atoms with E-state index < -0.39 is 129 Å². The van der Waals surface area contributed by atoms with Crippen molar-refractivity contribution in [3.8, 4) is 63.1 Å². The van der Waals surface area contributed by atoms with Gasteiger partial charge in [-0.15, -0.1) is 0 Å². The number of ether oxygens (including phenoxy) is 10. The first-order valence-electron chi connectivity index (χ1n) is 24.1. The first-order valence-corrected chi connectivity index (χ1v) is 24.1. The Morgan fingerprint density at radius 2 is 1.15 bits per heavy atom. The second kappa shape index (κ2) is 24.6. The number of methoxy groups -OCH3 is 2. The number of benzene rings is 4. The van der Waals surface area contributed by atoms with Crippen LogP contribution in [0, 0.1) is 0 Å². The molecule has 0 aliphatic carbocycles. The summed E-state index contributed by atoms with van der Waals surface area (Å²) in [5.41, 5.74) is 0.915. The van der Waals surface area contributed by atoms with E-state index in [9.17, 15) is 76.0 Å². The number of fused-ring (bicyclic) bond motifs is 1. The van der Waals surface area contributed by atoms with Crippen molar-refractivity contribution in [1.29, 1.82) is 0 Å². The topological polar surface area (TPSA) is 401 Å². The van der Waals surface area contributed by atoms with Gasteiger partial charge in [0.25, 0.3) is 0 Å². The van der Waals surface area contributed by atoms with Crippen molar-refractivity contribution in [3.05, 3.63) is 96.1 Å². The minimum absolute atomic E-state index is 0.0220. The number of hydrogen-bond donors (Lipinski definition) is 13. The lowest BCUT2D eigenvalue weighted by atomic mass is 9.98. The molecule has 4 aromatic carbocycles. The second-order valence-electron chi connectivity index (χ2n) is 18.4. The van der Waals surface area contributed by atoms with E-state index in [0.29, 0.717) is 11.1 Å². The largest absolute Gasteiger partial charge is 0.507 e. The Balaban J connectivity index is 0.848. The smallest absolute Gasteiger partial charge is 0.402 e. The number of hydrogen-bond acceptors (Lipinski definition) is 25. The third-order valence-electron chi connectivity index (χ3n) is 12.9. The van der Waals surface area contributed by atoms with Gasteiger partial charge in [0.15, 0.2) is 35.4 Å². The number of carbonyl (C=O) groups is 2. The molecule has 0 amide bonds. The number of rotatable bonds is 17. The number of carbonyl (C=O) groups excluding carboxylic acids is 2. The average molecular weight is 1110 g/mol. The molecule has 424 valence electrons. The number of phenolic OH excluding ortho intramolecular Hbond substituents is 5. The fourth-order valence-corrected chi connectivity index (χ4v) is 8.57. The van der Waals surface area contributed by atoms with E-state index >= 15 is 0 Å². The Labute approximate surface area is 447 Å². The monoisotopic (exact) mass is 1110 g/mol. The molecule has 79 heavy (non-hydrogen) atoms. The highest BCUT2D eigenvalue weighted by atomic mass is 16.7. The molecular weight excluding hydrogens is 1050 g/mol. The molecular formula is C53H57O26+. The SMILES string of the molecule is COc1cc(-c2[o+]c3cc(O)cc(O)c3cc2O[C@@H]2O[C@H](CO[C@@H]3O[C@@H](C)[C@H](OC(=O)/C=C/c4ccc(O[C@@H]5O[C@H](COC(=O)C=Cc6ccc(O)c(O)c6)C(O)[C@H](O)[C@H]5O)cc4)[C@@H](O)[C@@H]3O)[C@H](O)[C@H](O)[C@H]2O)cc(OC)c1O. The Bertz CT molecular complexity index is 3000. The van der Waals surface area contributed by atoms with Gasteiger partial charge in [0, 0.05) is 36.4 Å². The second-order valence-corrected chi connectivity index (χ2v) is 18.4. The van der Waals surface area contributed by atoms with Gasteiger partial charge in [0.05, 0.1) is 38.6 Å². The molecule has 3 aliphatic rings. The van der Waals surface area contributed by atoms with E-state index in [0.717, 1.165) is 18.2 Å². The molecule has 8 rings (SSSR count). The standard InChI is InChI=1S/C53H56O26/c1-22-49(79-39(59)13-7-23-4-9-27(10-5-23)74-52-46(66)43(63)41(61)36(77-52)20-71-38(58)12-8-24-6-11-29(55)31(57)14-24)45(65)48(68)51(73-22)72-21-37-42(62)44(64)47(67)53(78-37)76-35-19-28-30(56)17-26(54)18-32(28)75-50(35)25-15-33(69-2)40(60)34(16-25)70-3/h4-19,22,36-37,41-49,51-53,61-68H,20-21H2,1-3H3,(H4-,54,55,56,57,58,60)/p+1/b13-7+/t22-,36+,37+,41?,42-,43-,44-,45-,46+,47+,48-,49-,51+,52+,53+/m0/s1. The molecule has 3 fully saturated rings. The third kappa shape index (κ3) is 13.0. The number of phenols is 5. The van der Waals surface area contributed by atoms with Crippen LogP contribution in [0.4, 0.5) is 0 Å². The predicted octanol–water partition coefficient (Wildman–Crippen LogP) is 0.664. The molecule has 0 spiro atoms. The molecule has 0 radical (unpaired) electrons. The van der Waals surface area contributed by atoms with E-state index in [1.165, 1.54) is 100 Å². The molecule has 5 aromatic rings. The van der Waals surface area contributed by atoms with E-state index in [1.807, 2.05) is 0 Å². The summed E-state index contributed by atoms with van der Waals surface area (Å²) in [4.78, 5) is 25.3. The zero-order valence-corrected chi connectivity index (χ0v) is 41.9. The minimum atomic E-state index is -1.93. The zero-order valence-electron chi connectivity index (χ0n) is 41.9. The molecule has 4 heterocycles. The van der Waals surface area contributed by atoms with E-state index in [-0.39, 0.29) is 62.5 Å². The molecule has 3 saturated heterocycles. The molecule has 0 saturated carbocycles. The van der Waals surface area contributed by atoms with Crippen LogP contribution in [0.5, 0.6) is 51.7 Å². The van der Waals surface area contributed by atoms with Gasteiger partial charge >= 0.3 is 23.3 Å². The predicted molar refractivity (Wildman–Crippen MR) is 266 cm³/mol. The lowest BCUT2D eigenvalue weighted by Gasteiger charge is -2.42. The van der Waals surface area contributed by atoms with Crippen LogP contribution >= 0.6 is 0 Å². The lowest BCUT2D eigenvalue weighted by molar-refractivity contribution is -0.319. The molecule has 1 aromatic heterocycles. The summed E-state index contributed by atoms with van der Waals surface area (Å²) >= 11 is 0. The maximum Gasteiger partial charge on any atom is 0.402 e.